The van der Waals surface area contributed by atoms with Crippen molar-refractivity contribution in [2.45, 2.75) is 18.8 Å². The number of hydrogen-bond donors (Lipinski definition) is 2. The van der Waals surface area contributed by atoms with Crippen molar-refractivity contribution in [3.05, 3.63) is 47.7 Å². The summed E-state index contributed by atoms with van der Waals surface area (Å²) < 4.78 is 0. The minimum absolute atomic E-state index is 0.373. The number of H-pyrrole nitrogens is 1. The summed E-state index contributed by atoms with van der Waals surface area (Å²) in [6, 6.07) is 11.4. The molecule has 3 heteroatoms. The first-order valence-corrected chi connectivity index (χ1v) is 5.77. The summed E-state index contributed by atoms with van der Waals surface area (Å²) in [6.45, 7) is 0. The summed E-state index contributed by atoms with van der Waals surface area (Å²) in [5.74, 6) is -0.336. The van der Waals surface area contributed by atoms with Crippen LogP contribution in [-0.4, -0.2) is 16.1 Å². The van der Waals surface area contributed by atoms with Gasteiger partial charge in [0.25, 0.3) is 0 Å². The van der Waals surface area contributed by atoms with Crippen LogP contribution in [0.4, 0.5) is 0 Å². The maximum atomic E-state index is 11.2. The van der Waals surface area contributed by atoms with Crippen molar-refractivity contribution in [2.24, 2.45) is 0 Å². The Morgan fingerprint density at radius 1 is 1.24 bits per heavy atom. The second-order valence-electron chi connectivity index (χ2n) is 4.46. The number of carboxylic acids is 1. The van der Waals surface area contributed by atoms with Gasteiger partial charge in [0.05, 0.1) is 11.3 Å². The van der Waals surface area contributed by atoms with Crippen LogP contribution in [0.1, 0.15) is 34.8 Å². The van der Waals surface area contributed by atoms with Crippen LogP contribution in [0.3, 0.4) is 0 Å². The summed E-state index contributed by atoms with van der Waals surface area (Å²) in [4.78, 5) is 14.5. The number of carboxylic acid groups (broad SMARTS) is 1. The van der Waals surface area contributed by atoms with Crippen molar-refractivity contribution in [1.29, 1.82) is 0 Å². The number of rotatable bonds is 3. The molecule has 0 radical (unpaired) electrons. The lowest BCUT2D eigenvalue weighted by Gasteiger charge is -2.00. The molecule has 1 aliphatic carbocycles. The first-order chi connectivity index (χ1) is 8.25. The van der Waals surface area contributed by atoms with E-state index in [0.29, 0.717) is 11.5 Å². The van der Waals surface area contributed by atoms with Crippen LogP contribution in [0.25, 0.3) is 11.3 Å². The summed E-state index contributed by atoms with van der Waals surface area (Å²) in [5, 5.41) is 9.22. The smallest absolute Gasteiger partial charge is 0.337 e. The van der Waals surface area contributed by atoms with E-state index in [2.05, 4.69) is 4.98 Å². The molecular formula is C14H13NO2. The van der Waals surface area contributed by atoms with Crippen LogP contribution in [0.15, 0.2) is 36.4 Å². The lowest BCUT2D eigenvalue weighted by molar-refractivity contribution is 0.0698. The Hall–Kier alpha value is -2.03. The molecule has 3 nitrogen and oxygen atoms in total. The number of hydrogen-bond acceptors (Lipinski definition) is 1. The highest BCUT2D eigenvalue weighted by atomic mass is 16.4. The van der Waals surface area contributed by atoms with Crippen molar-refractivity contribution in [3.63, 3.8) is 0 Å². The molecule has 1 aromatic heterocycles. The van der Waals surface area contributed by atoms with Gasteiger partial charge in [-0.2, -0.15) is 0 Å². The number of aromatic amines is 1. The molecule has 0 amide bonds. The molecule has 0 spiro atoms. The third-order valence-electron chi connectivity index (χ3n) is 3.15. The largest absolute Gasteiger partial charge is 0.478 e. The van der Waals surface area contributed by atoms with Crippen LogP contribution >= 0.6 is 0 Å². The second-order valence-corrected chi connectivity index (χ2v) is 4.46. The fourth-order valence-corrected chi connectivity index (χ4v) is 2.09. The van der Waals surface area contributed by atoms with Crippen LogP contribution in [-0.2, 0) is 0 Å². The van der Waals surface area contributed by atoms with Gasteiger partial charge in [-0.15, -0.1) is 0 Å². The van der Waals surface area contributed by atoms with Gasteiger partial charge in [0, 0.05) is 5.69 Å². The normalized spacial score (nSPS) is 14.8. The van der Waals surface area contributed by atoms with Gasteiger partial charge in [-0.25, -0.2) is 4.79 Å². The molecule has 2 aromatic rings. The van der Waals surface area contributed by atoms with Gasteiger partial charge >= 0.3 is 5.97 Å². The SMILES string of the molecule is O=C(O)c1cc(C2CC2)[nH]c1-c1ccccc1. The average molecular weight is 227 g/mol. The van der Waals surface area contributed by atoms with Crippen LogP contribution < -0.4 is 0 Å². The van der Waals surface area contributed by atoms with E-state index >= 15 is 0 Å². The number of carbonyl (C=O) groups is 1. The van der Waals surface area contributed by atoms with Crippen molar-refractivity contribution >= 4 is 5.97 Å². The van der Waals surface area contributed by atoms with E-state index in [4.69, 9.17) is 0 Å². The monoisotopic (exact) mass is 227 g/mol. The van der Waals surface area contributed by atoms with Gasteiger partial charge in [0.15, 0.2) is 0 Å². The van der Waals surface area contributed by atoms with Gasteiger partial charge < -0.3 is 10.1 Å². The van der Waals surface area contributed by atoms with Gasteiger partial charge in [0.1, 0.15) is 0 Å². The van der Waals surface area contributed by atoms with Crippen LogP contribution in [0, 0.1) is 0 Å². The van der Waals surface area contributed by atoms with Gasteiger partial charge in [-0.3, -0.25) is 0 Å². The maximum absolute atomic E-state index is 11.2. The molecule has 1 fully saturated rings. The Morgan fingerprint density at radius 3 is 2.53 bits per heavy atom. The zero-order valence-electron chi connectivity index (χ0n) is 9.31. The van der Waals surface area contributed by atoms with Crippen LogP contribution in [0.5, 0.6) is 0 Å². The standard InChI is InChI=1S/C14H13NO2/c16-14(17)11-8-12(9-6-7-9)15-13(11)10-4-2-1-3-5-10/h1-5,8-9,15H,6-7H2,(H,16,17). The third-order valence-corrected chi connectivity index (χ3v) is 3.15. The molecule has 0 atom stereocenters. The fourth-order valence-electron chi connectivity index (χ4n) is 2.09. The van der Waals surface area contributed by atoms with Gasteiger partial charge in [-0.1, -0.05) is 30.3 Å². The van der Waals surface area contributed by atoms with E-state index in [1.807, 2.05) is 30.3 Å². The highest BCUT2D eigenvalue weighted by Gasteiger charge is 2.27. The lowest BCUT2D eigenvalue weighted by atomic mass is 10.1. The molecule has 0 saturated heterocycles. The Bertz CT molecular complexity index is 553. The van der Waals surface area contributed by atoms with Crippen molar-refractivity contribution in [3.8, 4) is 11.3 Å². The summed E-state index contributed by atoms with van der Waals surface area (Å²) in [5.41, 5.74) is 3.08. The minimum atomic E-state index is -0.869. The maximum Gasteiger partial charge on any atom is 0.337 e. The average Bonchev–Trinajstić information content (AvgIpc) is 3.09. The molecule has 3 rings (SSSR count). The van der Waals surface area contributed by atoms with Crippen molar-refractivity contribution in [2.75, 3.05) is 0 Å². The first kappa shape index (κ1) is 10.1. The zero-order chi connectivity index (χ0) is 11.8. The predicted octanol–water partition coefficient (Wildman–Crippen LogP) is 3.26. The van der Waals surface area contributed by atoms with E-state index in [1.54, 1.807) is 6.07 Å². The fraction of sp³-hybridized carbons (Fsp3) is 0.214. The Morgan fingerprint density at radius 2 is 1.94 bits per heavy atom. The Labute approximate surface area is 99.1 Å². The van der Waals surface area contributed by atoms with Gasteiger partial charge in [-0.05, 0) is 30.4 Å². The molecule has 0 bridgehead atoms. The molecule has 1 aliphatic rings. The van der Waals surface area contributed by atoms with E-state index in [0.717, 1.165) is 29.8 Å². The summed E-state index contributed by atoms with van der Waals surface area (Å²) in [6.07, 6.45) is 2.32. The Balaban J connectivity index is 2.10. The predicted molar refractivity (Wildman–Crippen MR) is 65.2 cm³/mol. The molecule has 1 saturated carbocycles. The molecule has 0 aliphatic heterocycles. The minimum Gasteiger partial charge on any atom is -0.478 e. The van der Waals surface area contributed by atoms with Crippen molar-refractivity contribution in [1.82, 2.24) is 4.98 Å². The zero-order valence-corrected chi connectivity index (χ0v) is 9.31. The Kier molecular flexibility index (Phi) is 2.25. The summed E-state index contributed by atoms with van der Waals surface area (Å²) in [7, 11) is 0. The molecule has 1 aromatic carbocycles. The van der Waals surface area contributed by atoms with Crippen LogP contribution in [0.2, 0.25) is 0 Å². The van der Waals surface area contributed by atoms with E-state index in [9.17, 15) is 9.90 Å². The molecule has 1 heterocycles. The number of aromatic carboxylic acids is 1. The lowest BCUT2D eigenvalue weighted by Crippen LogP contribution is -1.96. The molecular weight excluding hydrogens is 214 g/mol. The van der Waals surface area contributed by atoms with E-state index < -0.39 is 5.97 Å². The van der Waals surface area contributed by atoms with E-state index in [-0.39, 0.29) is 0 Å². The van der Waals surface area contributed by atoms with Crippen molar-refractivity contribution < 1.29 is 9.90 Å². The highest BCUT2D eigenvalue weighted by molar-refractivity contribution is 5.95. The topological polar surface area (TPSA) is 53.1 Å². The number of benzene rings is 1. The second kappa shape index (κ2) is 3.77. The molecule has 86 valence electrons. The number of nitrogens with one attached hydrogen (secondary N) is 1. The van der Waals surface area contributed by atoms with Gasteiger partial charge in [0.2, 0.25) is 0 Å². The molecule has 17 heavy (non-hydrogen) atoms. The summed E-state index contributed by atoms with van der Waals surface area (Å²) >= 11 is 0. The number of aromatic nitrogens is 1. The molecule has 2 N–H and O–H groups in total. The highest BCUT2D eigenvalue weighted by Crippen LogP contribution is 2.41. The first-order valence-electron chi connectivity index (χ1n) is 5.77. The third kappa shape index (κ3) is 1.84. The van der Waals surface area contributed by atoms with E-state index in [1.165, 1.54) is 0 Å². The molecule has 0 unspecified atom stereocenters. The quantitative estimate of drug-likeness (QED) is 0.845.